The molecule has 0 saturated carbocycles. The SMILES string of the molecule is O=COC1=N[C@H](C(=O)O)CSSC1. The molecule has 0 aromatic rings. The van der Waals surface area contributed by atoms with Crippen molar-refractivity contribution in [2.24, 2.45) is 4.99 Å². The minimum atomic E-state index is -0.998. The van der Waals surface area contributed by atoms with Crippen molar-refractivity contribution in [1.82, 2.24) is 0 Å². The van der Waals surface area contributed by atoms with Gasteiger partial charge in [0.25, 0.3) is 6.47 Å². The molecule has 13 heavy (non-hydrogen) atoms. The first-order valence-electron chi connectivity index (χ1n) is 3.38. The Kier molecular flexibility index (Phi) is 4.10. The van der Waals surface area contributed by atoms with E-state index in [-0.39, 0.29) is 12.4 Å². The summed E-state index contributed by atoms with van der Waals surface area (Å²) in [7, 11) is 2.83. The number of carboxylic acids is 1. The molecule has 0 unspecified atom stereocenters. The van der Waals surface area contributed by atoms with Crippen LogP contribution in [0.3, 0.4) is 0 Å². The van der Waals surface area contributed by atoms with Crippen molar-refractivity contribution in [1.29, 1.82) is 0 Å². The number of rotatable bonds is 2. The molecule has 0 aromatic carbocycles. The Morgan fingerprint density at radius 1 is 1.69 bits per heavy atom. The lowest BCUT2D eigenvalue weighted by atomic mass is 10.4. The average Bonchev–Trinajstić information content (AvgIpc) is 2.30. The molecule has 1 N–H and O–H groups in total. The normalized spacial score (nSPS) is 22.8. The van der Waals surface area contributed by atoms with Crippen LogP contribution >= 0.6 is 21.6 Å². The van der Waals surface area contributed by atoms with E-state index in [1.165, 1.54) is 21.6 Å². The van der Waals surface area contributed by atoms with Crippen LogP contribution in [0.15, 0.2) is 4.99 Å². The molecule has 0 radical (unpaired) electrons. The molecule has 5 nitrogen and oxygen atoms in total. The average molecular weight is 221 g/mol. The maximum absolute atomic E-state index is 10.6. The highest BCUT2D eigenvalue weighted by Gasteiger charge is 2.21. The molecule has 0 fully saturated rings. The van der Waals surface area contributed by atoms with Gasteiger partial charge in [0.1, 0.15) is 0 Å². The Bertz CT molecular complexity index is 243. The van der Waals surface area contributed by atoms with Crippen LogP contribution in [0.4, 0.5) is 0 Å². The quantitative estimate of drug-likeness (QED) is 0.537. The Balaban J connectivity index is 2.68. The van der Waals surface area contributed by atoms with Crippen LogP contribution in [0, 0.1) is 0 Å². The number of aliphatic carboxylic acids is 1. The Hall–Kier alpha value is -0.690. The second kappa shape index (κ2) is 5.13. The topological polar surface area (TPSA) is 76.0 Å². The second-order valence-electron chi connectivity index (χ2n) is 2.14. The summed E-state index contributed by atoms with van der Waals surface area (Å²) in [6, 6.07) is -0.810. The highest BCUT2D eigenvalue weighted by atomic mass is 33.1. The number of carbonyl (C=O) groups excluding carboxylic acids is 1. The summed E-state index contributed by atoms with van der Waals surface area (Å²) in [5.41, 5.74) is 0. The van der Waals surface area contributed by atoms with E-state index in [1.807, 2.05) is 0 Å². The van der Waals surface area contributed by atoms with Gasteiger partial charge >= 0.3 is 5.97 Å². The smallest absolute Gasteiger partial charge is 0.329 e. The predicted octanol–water partition coefficient (Wildman–Crippen LogP) is 0.406. The molecule has 1 heterocycles. The number of carbonyl (C=O) groups is 2. The lowest BCUT2D eigenvalue weighted by molar-refractivity contribution is -0.138. The van der Waals surface area contributed by atoms with Crippen molar-refractivity contribution in [3.8, 4) is 0 Å². The molecular weight excluding hydrogens is 214 g/mol. The molecule has 72 valence electrons. The van der Waals surface area contributed by atoms with E-state index in [9.17, 15) is 9.59 Å². The third-order valence-corrected chi connectivity index (χ3v) is 3.51. The molecule has 0 bridgehead atoms. The molecule has 0 saturated heterocycles. The van der Waals surface area contributed by atoms with Gasteiger partial charge in [-0.3, -0.25) is 4.79 Å². The van der Waals surface area contributed by atoms with Crippen LogP contribution < -0.4 is 0 Å². The minimum Gasteiger partial charge on any atom is -0.480 e. The van der Waals surface area contributed by atoms with Crippen LogP contribution in [-0.4, -0.2) is 41.0 Å². The summed E-state index contributed by atoms with van der Waals surface area (Å²) in [6.07, 6.45) is 0. The standard InChI is InChI=1S/C6H7NO4S2/c8-3-11-5-2-13-12-1-4(7-5)6(9)10/h3-4H,1-2H2,(H,9,10)/t4-/m0/s1. The van der Waals surface area contributed by atoms with Crippen LogP contribution in [0.5, 0.6) is 0 Å². The molecule has 1 aliphatic heterocycles. The molecular formula is C6H7NO4S2. The van der Waals surface area contributed by atoms with E-state index in [2.05, 4.69) is 9.73 Å². The zero-order valence-electron chi connectivity index (χ0n) is 6.50. The fourth-order valence-corrected chi connectivity index (χ4v) is 2.70. The highest BCUT2D eigenvalue weighted by molar-refractivity contribution is 8.76. The zero-order chi connectivity index (χ0) is 9.68. The van der Waals surface area contributed by atoms with Crippen molar-refractivity contribution >= 4 is 39.9 Å². The third kappa shape index (κ3) is 3.27. The number of aliphatic imine (C=N–C) groups is 1. The first-order chi connectivity index (χ1) is 6.24. The van der Waals surface area contributed by atoms with Crippen molar-refractivity contribution in [2.45, 2.75) is 6.04 Å². The van der Waals surface area contributed by atoms with Crippen LogP contribution in [0.1, 0.15) is 0 Å². The van der Waals surface area contributed by atoms with Gasteiger partial charge in [-0.05, 0) is 0 Å². The van der Waals surface area contributed by atoms with Gasteiger partial charge in [-0.2, -0.15) is 0 Å². The number of hydrogen-bond donors (Lipinski definition) is 1. The second-order valence-corrected chi connectivity index (χ2v) is 4.65. The Morgan fingerprint density at radius 2 is 2.46 bits per heavy atom. The monoisotopic (exact) mass is 221 g/mol. The highest BCUT2D eigenvalue weighted by Crippen LogP contribution is 2.26. The van der Waals surface area contributed by atoms with Crippen molar-refractivity contribution < 1.29 is 19.4 Å². The van der Waals surface area contributed by atoms with Gasteiger partial charge in [0.2, 0.25) is 5.90 Å². The molecule has 7 heteroatoms. The molecule has 1 rings (SSSR count). The summed E-state index contributed by atoms with van der Waals surface area (Å²) in [5, 5.41) is 8.68. The van der Waals surface area contributed by atoms with Crippen LogP contribution in [0.25, 0.3) is 0 Å². The Labute approximate surface area is 82.3 Å². The first-order valence-corrected chi connectivity index (χ1v) is 5.87. The largest absolute Gasteiger partial charge is 0.480 e. The first kappa shape index (κ1) is 10.4. The van der Waals surface area contributed by atoms with E-state index in [4.69, 9.17) is 5.11 Å². The van der Waals surface area contributed by atoms with Crippen molar-refractivity contribution in [2.75, 3.05) is 11.5 Å². The van der Waals surface area contributed by atoms with Gasteiger partial charge in [0.15, 0.2) is 6.04 Å². The number of ether oxygens (including phenoxy) is 1. The van der Waals surface area contributed by atoms with E-state index in [0.717, 1.165) is 0 Å². The lowest BCUT2D eigenvalue weighted by Gasteiger charge is -2.02. The molecule has 1 aliphatic rings. The summed E-state index contributed by atoms with van der Waals surface area (Å²) in [6.45, 7) is 0.258. The van der Waals surface area contributed by atoms with Crippen molar-refractivity contribution in [3.63, 3.8) is 0 Å². The van der Waals surface area contributed by atoms with Gasteiger partial charge < -0.3 is 9.84 Å². The molecule has 0 aromatic heterocycles. The molecule has 0 amide bonds. The van der Waals surface area contributed by atoms with Gasteiger partial charge in [0, 0.05) is 5.75 Å². The Morgan fingerprint density at radius 3 is 3.08 bits per heavy atom. The van der Waals surface area contributed by atoms with Crippen LogP contribution in [-0.2, 0) is 14.3 Å². The summed E-state index contributed by atoms with van der Waals surface area (Å²) in [4.78, 5) is 24.4. The van der Waals surface area contributed by atoms with E-state index in [0.29, 0.717) is 11.5 Å². The summed E-state index contributed by atoms with van der Waals surface area (Å²) < 4.78 is 4.52. The number of hydrogen-bond acceptors (Lipinski definition) is 6. The maximum Gasteiger partial charge on any atom is 0.329 e. The lowest BCUT2D eigenvalue weighted by Crippen LogP contribution is -2.22. The molecule has 0 aliphatic carbocycles. The van der Waals surface area contributed by atoms with Crippen LogP contribution in [0.2, 0.25) is 0 Å². The number of carboxylic acid groups (broad SMARTS) is 1. The van der Waals surface area contributed by atoms with E-state index < -0.39 is 12.0 Å². The number of nitrogens with zero attached hydrogens (tertiary/aromatic N) is 1. The van der Waals surface area contributed by atoms with E-state index in [1.54, 1.807) is 0 Å². The third-order valence-electron chi connectivity index (χ3n) is 1.26. The van der Waals surface area contributed by atoms with E-state index >= 15 is 0 Å². The minimum absolute atomic E-state index is 0.178. The van der Waals surface area contributed by atoms with Gasteiger partial charge in [-0.1, -0.05) is 21.6 Å². The van der Waals surface area contributed by atoms with Gasteiger partial charge in [-0.25, -0.2) is 9.79 Å². The van der Waals surface area contributed by atoms with Gasteiger partial charge in [-0.15, -0.1) is 0 Å². The zero-order valence-corrected chi connectivity index (χ0v) is 8.14. The van der Waals surface area contributed by atoms with Gasteiger partial charge in [0.05, 0.1) is 5.75 Å². The molecule has 1 atom stereocenters. The summed E-state index contributed by atoms with van der Waals surface area (Å²) in [5.74, 6) is -0.00164. The maximum atomic E-state index is 10.6. The molecule has 0 spiro atoms. The fourth-order valence-electron chi connectivity index (χ4n) is 0.699. The van der Waals surface area contributed by atoms with Crippen molar-refractivity contribution in [3.05, 3.63) is 0 Å². The fraction of sp³-hybridized carbons (Fsp3) is 0.500. The predicted molar refractivity (Wildman–Crippen MR) is 50.9 cm³/mol. The summed E-state index contributed by atoms with van der Waals surface area (Å²) >= 11 is 0.